The quantitative estimate of drug-likeness (QED) is 0.0975. The molecule has 10 saturated heterocycles. The molecule has 2 spiro atoms. The van der Waals surface area contributed by atoms with Gasteiger partial charge in [-0.25, -0.2) is 4.79 Å². The van der Waals surface area contributed by atoms with Gasteiger partial charge in [0.1, 0.15) is 102 Å². The Morgan fingerprint density at radius 1 is 0.645 bits per heavy atom. The van der Waals surface area contributed by atoms with Crippen molar-refractivity contribution >= 4 is 35.1 Å². The maximum atomic E-state index is 13.4. The number of carbonyl (C=O) groups is 2. The van der Waals surface area contributed by atoms with E-state index in [-0.39, 0.29) is 49.9 Å². The molecule has 10 fully saturated rings. The van der Waals surface area contributed by atoms with E-state index < -0.39 is 235 Å². The van der Waals surface area contributed by atoms with Crippen LogP contribution >= 0.6 is 23.2 Å². The van der Waals surface area contributed by atoms with E-state index in [1.807, 2.05) is 0 Å². The third-order valence-electron chi connectivity index (χ3n) is 19.1. The van der Waals surface area contributed by atoms with Gasteiger partial charge in [0.15, 0.2) is 55.0 Å². The van der Waals surface area contributed by atoms with E-state index in [2.05, 4.69) is 0 Å². The van der Waals surface area contributed by atoms with Gasteiger partial charge in [-0.3, -0.25) is 4.79 Å². The number of aromatic hydroxyl groups is 2. The highest BCUT2D eigenvalue weighted by Crippen LogP contribution is 2.53. The number of phenols is 2. The number of phenolic OH excluding ortho intramolecular Hbond substituents is 2. The number of halogens is 2. The van der Waals surface area contributed by atoms with Gasteiger partial charge >= 0.3 is 17.9 Å². The zero-order valence-corrected chi connectivity index (χ0v) is 54.7. The molecule has 93 heavy (non-hydrogen) atoms. The molecule has 11 rings (SSSR count). The van der Waals surface area contributed by atoms with Crippen LogP contribution < -0.4 is 0 Å². The van der Waals surface area contributed by atoms with Crippen molar-refractivity contribution < 1.29 is 155 Å². The lowest BCUT2D eigenvalue weighted by atomic mass is 9.80. The number of hydrogen-bond donors (Lipinski definition) is 9. The first-order chi connectivity index (χ1) is 43.8. The number of ether oxygens (including phenoxy) is 21. The van der Waals surface area contributed by atoms with Crippen LogP contribution in [-0.4, -0.2) is 287 Å². The van der Waals surface area contributed by atoms with Crippen LogP contribution in [-0.2, 0) is 104 Å². The van der Waals surface area contributed by atoms with E-state index in [9.17, 15) is 55.5 Å². The maximum Gasteiger partial charge on any atom is 0.342 e. The molecule has 1 aromatic carbocycles. The van der Waals surface area contributed by atoms with Crippen LogP contribution in [0.4, 0.5) is 0 Å². The molecule has 0 radical (unpaired) electrons. The van der Waals surface area contributed by atoms with Crippen molar-refractivity contribution in [2.75, 3.05) is 34.2 Å². The third-order valence-corrected chi connectivity index (χ3v) is 19.9. The van der Waals surface area contributed by atoms with Crippen molar-refractivity contribution in [3.05, 3.63) is 21.2 Å². The molecule has 0 aliphatic carbocycles. The average Bonchev–Trinajstić information content (AvgIpc) is 1.59. The number of fused-ring (bicyclic) bond motifs is 4. The second-order valence-corrected chi connectivity index (χ2v) is 26.8. The summed E-state index contributed by atoms with van der Waals surface area (Å²) >= 11 is 12.1. The lowest BCUT2D eigenvalue weighted by molar-refractivity contribution is -0.439. The minimum atomic E-state index is -2.05. The summed E-state index contributed by atoms with van der Waals surface area (Å²) in [6.45, 7) is 14.9. The van der Waals surface area contributed by atoms with Gasteiger partial charge in [-0.1, -0.05) is 37.0 Å². The highest BCUT2D eigenvalue weighted by atomic mass is 35.5. The van der Waals surface area contributed by atoms with Crippen LogP contribution in [0.3, 0.4) is 0 Å². The number of aliphatic hydroxyl groups is 7. The summed E-state index contributed by atoms with van der Waals surface area (Å²) in [6, 6.07) is 0. The highest BCUT2D eigenvalue weighted by Gasteiger charge is 2.73. The first-order valence-corrected chi connectivity index (χ1v) is 31.9. The maximum absolute atomic E-state index is 13.4. The Labute approximate surface area is 544 Å². The SMILES string of the molecule is COC[C@H]1O[C@@H](O[C@@H]2OC[C@@H]3O[C@]4(O[C@H]3[C@H]2OC(=O)C(C)C)O[C@H](C)[C@@](O)(C(C)O)[C@@H]2OCO[C@H]24)[C@H](O)[C@@H](O)[C@@H]1O[C@@H]1O[C@H](C)[C@H](OC)[C@H](O[C@H]2C[C@@]3(C)OC4(C[C@@H](O)[C@H](O[C@H]5C[C@@H](O)[C@H](OC(=O)c6c(C)c(Cl)c(O)c(Cl)c6O)[C@@H](C)O5)[C@@H](C)O4)O[C@@H]3[C@@H](C)O2)[C@H]1O. The average molecular weight is 1380 g/mol. The fourth-order valence-electron chi connectivity index (χ4n) is 14.3. The minimum absolute atomic E-state index is 0.00903. The van der Waals surface area contributed by atoms with Crippen molar-refractivity contribution in [2.45, 2.75) is 283 Å². The predicted molar refractivity (Wildman–Crippen MR) is 304 cm³/mol. The summed E-state index contributed by atoms with van der Waals surface area (Å²) in [6.07, 6.45) is -35.8. The smallest absolute Gasteiger partial charge is 0.342 e. The number of methoxy groups -OCH3 is 2. The monoisotopic (exact) mass is 1380 g/mol. The number of carbonyl (C=O) groups excluding carboxylic acids is 2. The molecule has 32 nitrogen and oxygen atoms in total. The van der Waals surface area contributed by atoms with Crippen LogP contribution in [0.25, 0.3) is 0 Å². The van der Waals surface area contributed by atoms with E-state index in [0.29, 0.717) is 0 Å². The van der Waals surface area contributed by atoms with Crippen molar-refractivity contribution in [1.82, 2.24) is 0 Å². The molecule has 0 bridgehead atoms. The summed E-state index contributed by atoms with van der Waals surface area (Å²) in [5.41, 5.74) is -3.58. The van der Waals surface area contributed by atoms with Crippen molar-refractivity contribution in [3.8, 4) is 11.5 Å². The van der Waals surface area contributed by atoms with E-state index in [1.54, 1.807) is 41.5 Å². The van der Waals surface area contributed by atoms with Crippen LogP contribution in [0.5, 0.6) is 11.5 Å². The fraction of sp³-hybridized carbons (Fsp3) is 0.864. The first kappa shape index (κ1) is 71.6. The Hall–Kier alpha value is -2.70. The minimum Gasteiger partial charge on any atom is -0.505 e. The molecule has 2 unspecified atom stereocenters. The Morgan fingerprint density at radius 3 is 1.99 bits per heavy atom. The van der Waals surface area contributed by atoms with Gasteiger partial charge in [-0.05, 0) is 61.0 Å². The normalized spacial score (nSPS) is 48.5. The predicted octanol–water partition coefficient (Wildman–Crippen LogP) is -0.113. The highest BCUT2D eigenvalue weighted by molar-refractivity contribution is 6.39. The van der Waals surface area contributed by atoms with Gasteiger partial charge in [-0.15, -0.1) is 0 Å². The molecular weight excluding hydrogens is 1290 g/mol. The van der Waals surface area contributed by atoms with Crippen LogP contribution in [0.2, 0.25) is 10.0 Å². The summed E-state index contributed by atoms with van der Waals surface area (Å²) in [7, 11) is 2.75. The standard InChI is InChI=1S/C59H86Cl2O32/c1-19(2)51(70)85-47-45-30(90-59(91-45)50-49(76-18-77-50)58(72,25(8)62)26(9)89-59)17-75-55(47)87-53-39(68)38(67)44(29(81-53)16-73-11)86-54-40(69)46(43(74-12)22(5)80-54)83-32-15-56(10)48(24(7)79-32)92-57(93-56)14-28(64)42(23(6)88-57)82-31-13-27(63)41(21(4)78-31)84-52(71)33-20(3)34(60)37(66)35(61)36(33)65/h19,21-32,38-50,53-55,62-69,72H,13-18H2,1-12H3/t21-,22-,23-,24-,25?,26-,27-,28-,29-,30+,31+,32+,38-,39-,40-,41-,42-,43+,44-,45-,46-,47-,48-,49-,50-,53+,54+,55+,56-,57?,58+,59-/m1/s1. The van der Waals surface area contributed by atoms with Gasteiger partial charge in [0.05, 0.1) is 79.4 Å². The fourth-order valence-corrected chi connectivity index (χ4v) is 14.7. The Bertz CT molecular complexity index is 2770. The molecule has 10 aliphatic rings. The van der Waals surface area contributed by atoms with Crippen LogP contribution in [0, 0.1) is 12.8 Å². The lowest BCUT2D eigenvalue weighted by Crippen LogP contribution is -2.72. The van der Waals surface area contributed by atoms with Crippen molar-refractivity contribution in [1.29, 1.82) is 0 Å². The first-order valence-electron chi connectivity index (χ1n) is 31.1. The molecule has 32 atom stereocenters. The van der Waals surface area contributed by atoms with Gasteiger partial charge in [-0.2, -0.15) is 0 Å². The number of esters is 2. The molecule has 10 aliphatic heterocycles. The van der Waals surface area contributed by atoms with Gasteiger partial charge in [0.25, 0.3) is 5.97 Å². The van der Waals surface area contributed by atoms with E-state index >= 15 is 0 Å². The molecule has 34 heteroatoms. The van der Waals surface area contributed by atoms with Crippen LogP contribution in [0.1, 0.15) is 97.5 Å². The Morgan fingerprint density at radius 2 is 1.32 bits per heavy atom. The molecule has 0 aromatic heterocycles. The zero-order valence-electron chi connectivity index (χ0n) is 53.2. The molecular formula is C59H86Cl2O32. The number of benzene rings is 1. The van der Waals surface area contributed by atoms with Crippen LogP contribution in [0.15, 0.2) is 0 Å². The summed E-state index contributed by atoms with van der Waals surface area (Å²) in [5.74, 6) is -7.70. The molecule has 10 heterocycles. The Kier molecular flexibility index (Phi) is 21.1. The molecule has 528 valence electrons. The second-order valence-electron chi connectivity index (χ2n) is 26.0. The van der Waals surface area contributed by atoms with Crippen molar-refractivity contribution in [2.24, 2.45) is 5.92 Å². The summed E-state index contributed by atoms with van der Waals surface area (Å²) < 4.78 is 129. The van der Waals surface area contributed by atoms with E-state index in [0.717, 1.165) is 0 Å². The lowest BCUT2D eigenvalue weighted by Gasteiger charge is -2.51. The largest absolute Gasteiger partial charge is 0.505 e. The molecule has 0 saturated carbocycles. The Balaban J connectivity index is 0.715. The number of hydrogen-bond acceptors (Lipinski definition) is 32. The topological polar surface area (TPSA) is 410 Å². The second kappa shape index (κ2) is 27.4. The number of rotatable bonds is 16. The summed E-state index contributed by atoms with van der Waals surface area (Å²) in [4.78, 5) is 26.7. The van der Waals surface area contributed by atoms with Gasteiger partial charge < -0.3 is 145 Å². The molecule has 0 amide bonds. The third kappa shape index (κ3) is 13.1. The zero-order chi connectivity index (χ0) is 67.5. The molecule has 1 aromatic rings. The summed E-state index contributed by atoms with van der Waals surface area (Å²) in [5, 5.41) is 101. The van der Waals surface area contributed by atoms with Gasteiger partial charge in [0.2, 0.25) is 6.29 Å². The van der Waals surface area contributed by atoms with E-state index in [1.165, 1.54) is 41.9 Å². The van der Waals surface area contributed by atoms with Gasteiger partial charge in [0, 0.05) is 27.1 Å². The molecule has 9 N–H and O–H groups in total. The van der Waals surface area contributed by atoms with E-state index in [4.69, 9.17) is 123 Å². The van der Waals surface area contributed by atoms with Crippen molar-refractivity contribution in [3.63, 3.8) is 0 Å². The number of aliphatic hydroxyl groups excluding tert-OH is 6.